The van der Waals surface area contributed by atoms with Gasteiger partial charge in [0.05, 0.1) is 23.0 Å². The molecule has 6 nitrogen and oxygen atoms in total. The molecule has 0 fully saturated rings. The lowest BCUT2D eigenvalue weighted by molar-refractivity contribution is 0.374. The van der Waals surface area contributed by atoms with Crippen LogP contribution in [0.15, 0.2) is 4.47 Å². The highest BCUT2D eigenvalue weighted by Gasteiger charge is 2.25. The monoisotopic (exact) mass is 353 g/mol. The van der Waals surface area contributed by atoms with E-state index < -0.39 is 0 Å². The number of aryl methyl sites for hydroxylation is 2. The van der Waals surface area contributed by atoms with Crippen LogP contribution < -0.4 is 10.5 Å². The van der Waals surface area contributed by atoms with Crippen molar-refractivity contribution in [3.05, 3.63) is 15.9 Å². The van der Waals surface area contributed by atoms with Gasteiger partial charge in [0, 0.05) is 12.5 Å². The van der Waals surface area contributed by atoms with Gasteiger partial charge in [0.25, 0.3) is 0 Å². The third-order valence-electron chi connectivity index (χ3n) is 3.17. The van der Waals surface area contributed by atoms with E-state index in [1.807, 2.05) is 14.0 Å². The van der Waals surface area contributed by atoms with Gasteiger partial charge in [-0.3, -0.25) is 0 Å². The van der Waals surface area contributed by atoms with E-state index in [0.29, 0.717) is 17.5 Å². The molecule has 0 aromatic carbocycles. The topological polar surface area (TPSA) is 78.8 Å². The first kappa shape index (κ1) is 15.8. The Hall–Kier alpha value is -1.63. The van der Waals surface area contributed by atoms with Crippen molar-refractivity contribution in [2.75, 3.05) is 12.8 Å². The summed E-state index contributed by atoms with van der Waals surface area (Å²) in [6.45, 7) is 8.14. The normalized spacial score (nSPS) is 11.8. The largest absolute Gasteiger partial charge is 0.481 e. The summed E-state index contributed by atoms with van der Waals surface area (Å²) in [6.07, 6.45) is 0. The summed E-state index contributed by atoms with van der Waals surface area (Å²) in [5, 5.41) is 4.36. The maximum Gasteiger partial charge on any atom is 0.222 e. The maximum absolute atomic E-state index is 6.04. The molecule has 0 unspecified atom stereocenters. The Labute approximate surface area is 132 Å². The van der Waals surface area contributed by atoms with Crippen molar-refractivity contribution < 1.29 is 4.74 Å². The molecule has 0 radical (unpaired) electrons. The molecule has 0 aliphatic heterocycles. The minimum Gasteiger partial charge on any atom is -0.481 e. The van der Waals surface area contributed by atoms with Crippen LogP contribution in [-0.4, -0.2) is 26.9 Å². The van der Waals surface area contributed by atoms with Crippen LogP contribution in [-0.2, 0) is 12.5 Å². The second-order valence-corrected chi connectivity index (χ2v) is 6.73. The van der Waals surface area contributed by atoms with Gasteiger partial charge in [-0.15, -0.1) is 0 Å². The first-order valence-corrected chi connectivity index (χ1v) is 7.37. The number of nitrogens with zero attached hydrogens (tertiary/aromatic N) is 4. The molecule has 2 aromatic rings. The fraction of sp³-hybridized carbons (Fsp3) is 0.500. The molecular weight excluding hydrogens is 334 g/mol. The lowest BCUT2D eigenvalue weighted by Crippen LogP contribution is -2.17. The minimum atomic E-state index is -0.159. The zero-order chi connectivity index (χ0) is 15.9. The van der Waals surface area contributed by atoms with Crippen LogP contribution in [0.4, 0.5) is 5.82 Å². The highest BCUT2D eigenvalue weighted by molar-refractivity contribution is 9.10. The van der Waals surface area contributed by atoms with Gasteiger partial charge in [-0.05, 0) is 22.9 Å². The fourth-order valence-corrected chi connectivity index (χ4v) is 2.97. The summed E-state index contributed by atoms with van der Waals surface area (Å²) in [7, 11) is 3.43. The number of hydrogen-bond donors (Lipinski definition) is 1. The fourth-order valence-electron chi connectivity index (χ4n) is 2.20. The zero-order valence-corrected chi connectivity index (χ0v) is 14.7. The molecule has 0 saturated heterocycles. The summed E-state index contributed by atoms with van der Waals surface area (Å²) in [5.41, 5.74) is 8.31. The number of rotatable bonds is 2. The predicted octanol–water partition coefficient (Wildman–Crippen LogP) is 2.84. The van der Waals surface area contributed by atoms with Crippen molar-refractivity contribution in [3.63, 3.8) is 0 Å². The van der Waals surface area contributed by atoms with Gasteiger partial charge in [-0.1, -0.05) is 20.8 Å². The van der Waals surface area contributed by atoms with Gasteiger partial charge in [0.15, 0.2) is 5.82 Å². The number of nitrogen functional groups attached to an aromatic ring is 1. The summed E-state index contributed by atoms with van der Waals surface area (Å²) < 4.78 is 7.82. The molecule has 2 heterocycles. The van der Waals surface area contributed by atoms with Gasteiger partial charge in [-0.2, -0.15) is 5.10 Å². The molecule has 0 amide bonds. The Kier molecular flexibility index (Phi) is 3.97. The van der Waals surface area contributed by atoms with E-state index in [-0.39, 0.29) is 5.41 Å². The van der Waals surface area contributed by atoms with Crippen LogP contribution in [0.5, 0.6) is 5.88 Å². The molecule has 0 aliphatic rings. The van der Waals surface area contributed by atoms with Crippen molar-refractivity contribution >= 4 is 21.7 Å². The molecule has 2 N–H and O–H groups in total. The number of anilines is 1. The van der Waals surface area contributed by atoms with Crippen molar-refractivity contribution in [1.82, 2.24) is 19.7 Å². The third-order valence-corrected chi connectivity index (χ3v) is 3.96. The highest BCUT2D eigenvalue weighted by Crippen LogP contribution is 2.36. The van der Waals surface area contributed by atoms with Gasteiger partial charge in [0.2, 0.25) is 5.88 Å². The lowest BCUT2D eigenvalue weighted by atomic mass is 9.91. The number of aromatic nitrogens is 4. The molecular formula is C14H20BrN5O. The summed E-state index contributed by atoms with van der Waals surface area (Å²) in [6, 6.07) is 0. The molecule has 7 heteroatoms. The Morgan fingerprint density at radius 3 is 2.38 bits per heavy atom. The number of methoxy groups -OCH3 is 1. The van der Waals surface area contributed by atoms with Crippen LogP contribution in [0.2, 0.25) is 0 Å². The van der Waals surface area contributed by atoms with E-state index in [2.05, 4.69) is 51.8 Å². The van der Waals surface area contributed by atoms with Crippen LogP contribution in [0.3, 0.4) is 0 Å². The Morgan fingerprint density at radius 2 is 1.86 bits per heavy atom. The SMILES string of the molecule is COc1c(-c2nc(N)c(Br)c(C(C)(C)C)n2)c(C)nn1C. The quantitative estimate of drug-likeness (QED) is 0.897. The van der Waals surface area contributed by atoms with Gasteiger partial charge >= 0.3 is 0 Å². The third kappa shape index (κ3) is 2.74. The van der Waals surface area contributed by atoms with Crippen LogP contribution in [0.1, 0.15) is 32.2 Å². The molecule has 2 aromatic heterocycles. The van der Waals surface area contributed by atoms with E-state index in [1.165, 1.54) is 0 Å². The Balaban J connectivity index is 2.75. The molecule has 0 saturated carbocycles. The Bertz CT molecular complexity index is 688. The average molecular weight is 354 g/mol. The number of nitrogens with two attached hydrogens (primary N) is 1. The van der Waals surface area contributed by atoms with Crippen LogP contribution in [0, 0.1) is 6.92 Å². The molecule has 114 valence electrons. The molecule has 2 rings (SSSR count). The van der Waals surface area contributed by atoms with Gasteiger partial charge < -0.3 is 10.5 Å². The number of hydrogen-bond acceptors (Lipinski definition) is 5. The zero-order valence-electron chi connectivity index (χ0n) is 13.2. The standard InChI is InChI=1S/C14H20BrN5O/c1-7-8(13(21-6)20(5)19-7)12-17-10(14(2,3)4)9(15)11(16)18-12/h1-6H3,(H2,16,17,18). The summed E-state index contributed by atoms with van der Waals surface area (Å²) >= 11 is 3.48. The van der Waals surface area contributed by atoms with Gasteiger partial charge in [-0.25, -0.2) is 14.6 Å². The van der Waals surface area contributed by atoms with E-state index in [0.717, 1.165) is 21.4 Å². The summed E-state index contributed by atoms with van der Waals surface area (Å²) in [5.74, 6) is 1.56. The molecule has 21 heavy (non-hydrogen) atoms. The Morgan fingerprint density at radius 1 is 1.24 bits per heavy atom. The minimum absolute atomic E-state index is 0.159. The smallest absolute Gasteiger partial charge is 0.222 e. The van der Waals surface area contributed by atoms with E-state index >= 15 is 0 Å². The van der Waals surface area contributed by atoms with Crippen molar-refractivity contribution in [1.29, 1.82) is 0 Å². The summed E-state index contributed by atoms with van der Waals surface area (Å²) in [4.78, 5) is 9.07. The van der Waals surface area contributed by atoms with Crippen LogP contribution >= 0.6 is 15.9 Å². The highest BCUT2D eigenvalue weighted by atomic mass is 79.9. The molecule has 0 spiro atoms. The molecule has 0 atom stereocenters. The lowest BCUT2D eigenvalue weighted by Gasteiger charge is -2.21. The second kappa shape index (κ2) is 5.29. The van der Waals surface area contributed by atoms with E-state index in [1.54, 1.807) is 11.8 Å². The van der Waals surface area contributed by atoms with Gasteiger partial charge in [0.1, 0.15) is 11.4 Å². The number of halogens is 1. The maximum atomic E-state index is 6.04. The first-order valence-electron chi connectivity index (χ1n) is 6.58. The van der Waals surface area contributed by atoms with E-state index in [9.17, 15) is 0 Å². The second-order valence-electron chi connectivity index (χ2n) is 5.94. The molecule has 0 aliphatic carbocycles. The predicted molar refractivity (Wildman–Crippen MR) is 86.3 cm³/mol. The molecule has 0 bridgehead atoms. The first-order chi connectivity index (χ1) is 9.66. The van der Waals surface area contributed by atoms with Crippen molar-refractivity contribution in [2.24, 2.45) is 7.05 Å². The van der Waals surface area contributed by atoms with Crippen LogP contribution in [0.25, 0.3) is 11.4 Å². The van der Waals surface area contributed by atoms with E-state index in [4.69, 9.17) is 10.5 Å². The van der Waals surface area contributed by atoms with Crippen molar-refractivity contribution in [2.45, 2.75) is 33.1 Å². The average Bonchev–Trinajstić information content (AvgIpc) is 2.65. The number of ether oxygens (including phenoxy) is 1. The van der Waals surface area contributed by atoms with Crippen molar-refractivity contribution in [3.8, 4) is 17.3 Å².